The smallest absolute Gasteiger partial charge is 0.246 e. The van der Waals surface area contributed by atoms with Gasteiger partial charge < -0.3 is 9.64 Å². The van der Waals surface area contributed by atoms with Crippen LogP contribution in [0.3, 0.4) is 0 Å². The molecule has 1 amide bonds. The molecule has 114 valence electrons. The molecule has 1 saturated heterocycles. The second-order valence-corrected chi connectivity index (χ2v) is 6.77. The van der Waals surface area contributed by atoms with Gasteiger partial charge in [-0.3, -0.25) is 4.79 Å². The Morgan fingerprint density at radius 1 is 1.29 bits per heavy atom. The number of carbonyl (C=O) groups is 1. The van der Waals surface area contributed by atoms with E-state index in [4.69, 9.17) is 4.74 Å². The minimum atomic E-state index is 0.107. The largest absolute Gasteiger partial charge is 0.493 e. The van der Waals surface area contributed by atoms with Gasteiger partial charge in [0.05, 0.1) is 6.61 Å². The number of carbonyl (C=O) groups excluding carboxylic acids is 1. The van der Waals surface area contributed by atoms with Crippen LogP contribution in [-0.4, -0.2) is 42.0 Å². The second-order valence-electron chi connectivity index (χ2n) is 5.54. The maximum absolute atomic E-state index is 12.0. The highest BCUT2D eigenvalue weighted by Crippen LogP contribution is 2.15. The van der Waals surface area contributed by atoms with E-state index in [0.717, 1.165) is 42.5 Å². The van der Waals surface area contributed by atoms with Crippen molar-refractivity contribution in [2.24, 2.45) is 5.92 Å². The van der Waals surface area contributed by atoms with Gasteiger partial charge in [-0.05, 0) is 29.7 Å². The molecule has 1 aliphatic heterocycles. The molecule has 1 aromatic rings. The highest BCUT2D eigenvalue weighted by Gasteiger charge is 2.13. The number of thioether (sulfide) groups is 1. The topological polar surface area (TPSA) is 29.5 Å². The maximum Gasteiger partial charge on any atom is 0.246 e. The van der Waals surface area contributed by atoms with E-state index in [1.165, 1.54) is 0 Å². The molecule has 4 heteroatoms. The van der Waals surface area contributed by atoms with Crippen molar-refractivity contribution < 1.29 is 9.53 Å². The first-order valence-corrected chi connectivity index (χ1v) is 8.58. The summed E-state index contributed by atoms with van der Waals surface area (Å²) in [5.74, 6) is 3.59. The van der Waals surface area contributed by atoms with Crippen LogP contribution in [0.25, 0.3) is 6.08 Å². The van der Waals surface area contributed by atoms with Gasteiger partial charge in [0.15, 0.2) is 0 Å². The van der Waals surface area contributed by atoms with Crippen LogP contribution in [-0.2, 0) is 4.79 Å². The van der Waals surface area contributed by atoms with E-state index in [9.17, 15) is 4.79 Å². The van der Waals surface area contributed by atoms with E-state index in [-0.39, 0.29) is 5.91 Å². The highest BCUT2D eigenvalue weighted by atomic mass is 32.2. The Morgan fingerprint density at radius 2 is 1.95 bits per heavy atom. The van der Waals surface area contributed by atoms with Crippen molar-refractivity contribution in [3.8, 4) is 5.75 Å². The number of hydrogen-bond donors (Lipinski definition) is 0. The van der Waals surface area contributed by atoms with Gasteiger partial charge in [0.2, 0.25) is 5.91 Å². The molecule has 2 rings (SSSR count). The normalized spacial score (nSPS) is 15.7. The number of benzene rings is 1. The fourth-order valence-electron chi connectivity index (χ4n) is 1.99. The van der Waals surface area contributed by atoms with Crippen LogP contribution < -0.4 is 4.74 Å². The molecule has 0 unspecified atom stereocenters. The molecule has 0 aliphatic carbocycles. The summed E-state index contributed by atoms with van der Waals surface area (Å²) >= 11 is 1.91. The van der Waals surface area contributed by atoms with E-state index in [1.807, 2.05) is 47.0 Å². The molecule has 21 heavy (non-hydrogen) atoms. The van der Waals surface area contributed by atoms with Crippen LogP contribution in [0.2, 0.25) is 0 Å². The summed E-state index contributed by atoms with van der Waals surface area (Å²) in [5, 5.41) is 0. The SMILES string of the molecule is CC(C)COc1ccc(/C=C/C(=O)N2CCSCC2)cc1. The molecule has 0 radical (unpaired) electrons. The first-order chi connectivity index (χ1) is 10.1. The van der Waals surface area contributed by atoms with Crippen molar-refractivity contribution in [2.45, 2.75) is 13.8 Å². The lowest BCUT2D eigenvalue weighted by molar-refractivity contribution is -0.125. The predicted molar refractivity (Wildman–Crippen MR) is 89.7 cm³/mol. The molecule has 0 N–H and O–H groups in total. The van der Waals surface area contributed by atoms with Crippen LogP contribution in [0.15, 0.2) is 30.3 Å². The molecule has 1 aliphatic rings. The van der Waals surface area contributed by atoms with Crippen molar-refractivity contribution in [3.63, 3.8) is 0 Å². The summed E-state index contributed by atoms with van der Waals surface area (Å²) in [6.45, 7) is 6.69. The van der Waals surface area contributed by atoms with Crippen molar-refractivity contribution in [3.05, 3.63) is 35.9 Å². The van der Waals surface area contributed by atoms with Gasteiger partial charge in [-0.2, -0.15) is 11.8 Å². The Bertz CT molecular complexity index is 476. The fourth-order valence-corrected chi connectivity index (χ4v) is 2.90. The average Bonchev–Trinajstić information content (AvgIpc) is 2.52. The predicted octanol–water partition coefficient (Wildman–Crippen LogP) is 3.31. The minimum absolute atomic E-state index is 0.107. The summed E-state index contributed by atoms with van der Waals surface area (Å²) in [5.41, 5.74) is 1.02. The third kappa shape index (κ3) is 5.46. The van der Waals surface area contributed by atoms with Gasteiger partial charge in [0.25, 0.3) is 0 Å². The minimum Gasteiger partial charge on any atom is -0.493 e. The van der Waals surface area contributed by atoms with Gasteiger partial charge in [-0.15, -0.1) is 0 Å². The Hall–Kier alpha value is -1.42. The van der Waals surface area contributed by atoms with Crippen molar-refractivity contribution in [1.29, 1.82) is 0 Å². The maximum atomic E-state index is 12.0. The summed E-state index contributed by atoms with van der Waals surface area (Å²) in [6.07, 6.45) is 3.54. The van der Waals surface area contributed by atoms with Crippen molar-refractivity contribution in [1.82, 2.24) is 4.90 Å². The van der Waals surface area contributed by atoms with E-state index < -0.39 is 0 Å². The summed E-state index contributed by atoms with van der Waals surface area (Å²) in [4.78, 5) is 13.9. The van der Waals surface area contributed by atoms with E-state index >= 15 is 0 Å². The molecule has 3 nitrogen and oxygen atoms in total. The molecule has 0 aromatic heterocycles. The lowest BCUT2D eigenvalue weighted by atomic mass is 10.2. The quantitative estimate of drug-likeness (QED) is 0.782. The van der Waals surface area contributed by atoms with Gasteiger partial charge in [-0.1, -0.05) is 26.0 Å². The first-order valence-electron chi connectivity index (χ1n) is 7.43. The Balaban J connectivity index is 1.87. The average molecular weight is 305 g/mol. The summed E-state index contributed by atoms with van der Waals surface area (Å²) in [7, 11) is 0. The van der Waals surface area contributed by atoms with Crippen LogP contribution in [0.5, 0.6) is 5.75 Å². The second kappa shape index (κ2) is 8.13. The van der Waals surface area contributed by atoms with Crippen LogP contribution in [0.4, 0.5) is 0 Å². The summed E-state index contributed by atoms with van der Waals surface area (Å²) < 4.78 is 5.64. The number of rotatable bonds is 5. The number of amides is 1. The van der Waals surface area contributed by atoms with Crippen LogP contribution in [0, 0.1) is 5.92 Å². The van der Waals surface area contributed by atoms with Crippen LogP contribution >= 0.6 is 11.8 Å². The molecule has 1 aromatic carbocycles. The Labute approximate surface area is 131 Å². The van der Waals surface area contributed by atoms with Gasteiger partial charge in [0.1, 0.15) is 5.75 Å². The van der Waals surface area contributed by atoms with Crippen LogP contribution in [0.1, 0.15) is 19.4 Å². The molecular weight excluding hydrogens is 282 g/mol. The van der Waals surface area contributed by atoms with Crippen molar-refractivity contribution >= 4 is 23.7 Å². The molecule has 0 spiro atoms. The Morgan fingerprint density at radius 3 is 2.57 bits per heavy atom. The molecule has 0 atom stereocenters. The Kier molecular flexibility index (Phi) is 6.18. The van der Waals surface area contributed by atoms with E-state index in [2.05, 4.69) is 13.8 Å². The number of hydrogen-bond acceptors (Lipinski definition) is 3. The third-order valence-corrected chi connectivity index (χ3v) is 4.15. The van der Waals surface area contributed by atoms with Gasteiger partial charge in [-0.25, -0.2) is 0 Å². The summed E-state index contributed by atoms with van der Waals surface area (Å²) in [6, 6.07) is 7.85. The van der Waals surface area contributed by atoms with Gasteiger partial charge in [0, 0.05) is 30.7 Å². The number of nitrogens with zero attached hydrogens (tertiary/aromatic N) is 1. The number of ether oxygens (including phenoxy) is 1. The zero-order valence-electron chi connectivity index (χ0n) is 12.7. The monoisotopic (exact) mass is 305 g/mol. The van der Waals surface area contributed by atoms with Gasteiger partial charge >= 0.3 is 0 Å². The molecular formula is C17H23NO2S. The molecule has 0 saturated carbocycles. The molecule has 0 bridgehead atoms. The standard InChI is InChI=1S/C17H23NO2S/c1-14(2)13-20-16-6-3-15(4-7-16)5-8-17(19)18-9-11-21-12-10-18/h3-8,14H,9-13H2,1-2H3/b8-5+. The van der Waals surface area contributed by atoms with E-state index in [1.54, 1.807) is 6.08 Å². The first kappa shape index (κ1) is 16.0. The lowest BCUT2D eigenvalue weighted by Gasteiger charge is -2.25. The van der Waals surface area contributed by atoms with E-state index in [0.29, 0.717) is 5.92 Å². The zero-order chi connectivity index (χ0) is 15.1. The van der Waals surface area contributed by atoms with Crippen molar-refractivity contribution in [2.75, 3.05) is 31.2 Å². The highest BCUT2D eigenvalue weighted by molar-refractivity contribution is 7.99. The third-order valence-electron chi connectivity index (χ3n) is 3.20. The molecule has 1 fully saturated rings. The lowest BCUT2D eigenvalue weighted by Crippen LogP contribution is -2.36. The molecule has 1 heterocycles. The zero-order valence-corrected chi connectivity index (χ0v) is 13.6. The fraction of sp³-hybridized carbons (Fsp3) is 0.471.